The van der Waals surface area contributed by atoms with Gasteiger partial charge in [-0.05, 0) is 31.4 Å². The van der Waals surface area contributed by atoms with Gasteiger partial charge in [-0.3, -0.25) is 0 Å². The molecular weight excluding hydrogens is 274 g/mol. The lowest BCUT2D eigenvalue weighted by molar-refractivity contribution is 0.0158. The minimum absolute atomic E-state index is 0.0746. The fraction of sp³-hybridized carbons (Fsp3) is 0.571. The summed E-state index contributed by atoms with van der Waals surface area (Å²) in [7, 11) is 0. The minimum atomic E-state index is 0.0746. The van der Waals surface area contributed by atoms with Crippen molar-refractivity contribution in [3.05, 3.63) is 23.4 Å². The zero-order valence-electron chi connectivity index (χ0n) is 11.7. The first kappa shape index (κ1) is 15.2. The van der Waals surface area contributed by atoms with Crippen LogP contribution in [0.4, 0.5) is 5.82 Å². The summed E-state index contributed by atoms with van der Waals surface area (Å²) in [5.74, 6) is 0.873. The second kappa shape index (κ2) is 6.97. The number of rotatable bonds is 5. The number of ether oxygens (including phenoxy) is 1. The predicted octanol–water partition coefficient (Wildman–Crippen LogP) is 1.00. The van der Waals surface area contributed by atoms with Gasteiger partial charge in [0.15, 0.2) is 0 Å². The molecule has 110 valence electrons. The highest BCUT2D eigenvalue weighted by Crippen LogP contribution is 2.25. The molecule has 0 atom stereocenters. The Morgan fingerprint density at radius 2 is 2.25 bits per heavy atom. The topological polar surface area (TPSA) is 71.6 Å². The average molecular weight is 295 g/mol. The van der Waals surface area contributed by atoms with Crippen molar-refractivity contribution in [3.63, 3.8) is 0 Å². The first-order chi connectivity index (χ1) is 9.63. The molecule has 0 saturated carbocycles. The van der Waals surface area contributed by atoms with E-state index in [2.05, 4.69) is 9.88 Å². The van der Waals surface area contributed by atoms with E-state index in [0.717, 1.165) is 42.9 Å². The Labute approximate surface area is 124 Å². The summed E-state index contributed by atoms with van der Waals surface area (Å²) in [6.45, 7) is 4.21. The van der Waals surface area contributed by atoms with Gasteiger partial charge in [0.1, 0.15) is 10.8 Å². The molecular formula is C14H21N3O2S. The summed E-state index contributed by atoms with van der Waals surface area (Å²) in [6, 6.07) is 1.93. The Hall–Kier alpha value is -1.24. The maximum atomic E-state index is 8.78. The molecule has 0 aromatic carbocycles. The van der Waals surface area contributed by atoms with Crippen LogP contribution >= 0.6 is 12.2 Å². The van der Waals surface area contributed by atoms with E-state index in [1.807, 2.05) is 13.0 Å². The Balaban J connectivity index is 2.07. The maximum Gasteiger partial charge on any atom is 0.139 e. The van der Waals surface area contributed by atoms with E-state index < -0.39 is 0 Å². The number of aliphatic hydroxyl groups excluding tert-OH is 1. The van der Waals surface area contributed by atoms with Gasteiger partial charge in [0.05, 0.1) is 24.9 Å². The fourth-order valence-corrected chi connectivity index (χ4v) is 2.79. The molecule has 1 aliphatic heterocycles. The quantitative estimate of drug-likeness (QED) is 0.790. The maximum absolute atomic E-state index is 8.78. The molecule has 2 heterocycles. The monoisotopic (exact) mass is 295 g/mol. The Kier molecular flexibility index (Phi) is 5.28. The van der Waals surface area contributed by atoms with Crippen LogP contribution in [0.5, 0.6) is 0 Å². The Morgan fingerprint density at radius 1 is 1.55 bits per heavy atom. The van der Waals surface area contributed by atoms with E-state index in [-0.39, 0.29) is 12.7 Å². The molecule has 0 aliphatic carbocycles. The van der Waals surface area contributed by atoms with Crippen molar-refractivity contribution < 1.29 is 9.84 Å². The summed E-state index contributed by atoms with van der Waals surface area (Å²) in [5, 5.41) is 8.78. The molecule has 6 heteroatoms. The number of nitrogens with zero attached hydrogens (tertiary/aromatic N) is 2. The van der Waals surface area contributed by atoms with Crippen LogP contribution in [0.3, 0.4) is 0 Å². The number of nitrogens with two attached hydrogens (primary N) is 1. The zero-order valence-corrected chi connectivity index (χ0v) is 12.5. The van der Waals surface area contributed by atoms with Crippen molar-refractivity contribution >= 4 is 23.0 Å². The summed E-state index contributed by atoms with van der Waals surface area (Å²) in [6.07, 6.45) is 3.86. The van der Waals surface area contributed by atoms with E-state index in [9.17, 15) is 0 Å². The summed E-state index contributed by atoms with van der Waals surface area (Å²) >= 11 is 5.15. The fourth-order valence-electron chi connectivity index (χ4n) is 2.54. The second-order valence-corrected chi connectivity index (χ2v) is 5.41. The van der Waals surface area contributed by atoms with E-state index >= 15 is 0 Å². The number of hydrogen-bond acceptors (Lipinski definition) is 5. The van der Waals surface area contributed by atoms with Crippen LogP contribution in [-0.2, 0) is 4.74 Å². The van der Waals surface area contributed by atoms with Crippen LogP contribution in [-0.4, -0.2) is 47.5 Å². The number of aromatic nitrogens is 1. The van der Waals surface area contributed by atoms with Gasteiger partial charge in [-0.25, -0.2) is 4.98 Å². The highest BCUT2D eigenvalue weighted by Gasteiger charge is 2.23. The largest absolute Gasteiger partial charge is 0.394 e. The first-order valence-corrected chi connectivity index (χ1v) is 7.27. The third-order valence-corrected chi connectivity index (χ3v) is 3.78. The molecule has 1 fully saturated rings. The zero-order chi connectivity index (χ0) is 14.5. The molecule has 5 nitrogen and oxygen atoms in total. The first-order valence-electron chi connectivity index (χ1n) is 6.86. The molecule has 0 spiro atoms. The smallest absolute Gasteiger partial charge is 0.139 e. The van der Waals surface area contributed by atoms with Gasteiger partial charge >= 0.3 is 0 Å². The Morgan fingerprint density at radius 3 is 2.85 bits per heavy atom. The molecule has 0 amide bonds. The van der Waals surface area contributed by atoms with Crippen molar-refractivity contribution in [1.29, 1.82) is 0 Å². The second-order valence-electron chi connectivity index (χ2n) is 4.97. The molecule has 3 N–H and O–H groups in total. The molecule has 0 radical (unpaired) electrons. The SMILES string of the molecule is Cc1ccnc(N2CCC(OCCO)CC2)c1C(N)=S. The number of pyridine rings is 1. The van der Waals surface area contributed by atoms with Gasteiger partial charge in [-0.1, -0.05) is 12.2 Å². The minimum Gasteiger partial charge on any atom is -0.394 e. The average Bonchev–Trinajstić information content (AvgIpc) is 2.45. The molecule has 1 saturated heterocycles. The lowest BCUT2D eigenvalue weighted by atomic mass is 10.1. The van der Waals surface area contributed by atoms with E-state index in [0.29, 0.717) is 11.6 Å². The van der Waals surface area contributed by atoms with Crippen molar-refractivity contribution in [1.82, 2.24) is 4.98 Å². The van der Waals surface area contributed by atoms with E-state index in [1.165, 1.54) is 0 Å². The van der Waals surface area contributed by atoms with Crippen LogP contribution in [0.2, 0.25) is 0 Å². The summed E-state index contributed by atoms with van der Waals surface area (Å²) in [4.78, 5) is 7.05. The van der Waals surface area contributed by atoms with Crippen LogP contribution in [0, 0.1) is 6.92 Å². The van der Waals surface area contributed by atoms with Gasteiger partial charge in [-0.2, -0.15) is 0 Å². The molecule has 0 unspecified atom stereocenters. The van der Waals surface area contributed by atoms with Crippen LogP contribution in [0.1, 0.15) is 24.0 Å². The predicted molar refractivity (Wildman–Crippen MR) is 83.1 cm³/mol. The van der Waals surface area contributed by atoms with Crippen molar-refractivity contribution in [2.24, 2.45) is 5.73 Å². The summed E-state index contributed by atoms with van der Waals surface area (Å²) < 4.78 is 5.57. The highest BCUT2D eigenvalue weighted by atomic mass is 32.1. The number of thiocarbonyl (C=S) groups is 1. The number of hydrogen-bond donors (Lipinski definition) is 2. The van der Waals surface area contributed by atoms with Crippen LogP contribution < -0.4 is 10.6 Å². The van der Waals surface area contributed by atoms with E-state index in [1.54, 1.807) is 6.20 Å². The lowest BCUT2D eigenvalue weighted by Crippen LogP contribution is -2.39. The van der Waals surface area contributed by atoms with Gasteiger partial charge in [-0.15, -0.1) is 0 Å². The van der Waals surface area contributed by atoms with Crippen LogP contribution in [0.15, 0.2) is 12.3 Å². The van der Waals surface area contributed by atoms with Gasteiger partial charge in [0.25, 0.3) is 0 Å². The van der Waals surface area contributed by atoms with Crippen LogP contribution in [0.25, 0.3) is 0 Å². The molecule has 20 heavy (non-hydrogen) atoms. The summed E-state index contributed by atoms with van der Waals surface area (Å²) in [5.41, 5.74) is 7.76. The standard InChI is InChI=1S/C14H21N3O2S/c1-10-2-5-16-14(12(10)13(15)20)17-6-3-11(4-7-17)19-9-8-18/h2,5,11,18H,3-4,6-9H2,1H3,(H2,15,20). The molecule has 0 bridgehead atoms. The van der Waals surface area contributed by atoms with Gasteiger partial charge < -0.3 is 20.5 Å². The number of aryl methyl sites for hydroxylation is 1. The van der Waals surface area contributed by atoms with Crippen molar-refractivity contribution in [3.8, 4) is 0 Å². The molecule has 1 aromatic rings. The normalized spacial score (nSPS) is 16.4. The number of aliphatic hydroxyl groups is 1. The van der Waals surface area contributed by atoms with Gasteiger partial charge in [0.2, 0.25) is 0 Å². The highest BCUT2D eigenvalue weighted by molar-refractivity contribution is 7.80. The molecule has 1 aromatic heterocycles. The third-order valence-electron chi connectivity index (χ3n) is 3.57. The number of anilines is 1. The van der Waals surface area contributed by atoms with Crippen molar-refractivity contribution in [2.45, 2.75) is 25.9 Å². The van der Waals surface area contributed by atoms with E-state index in [4.69, 9.17) is 27.8 Å². The molecule has 1 aliphatic rings. The Bertz CT molecular complexity index is 473. The van der Waals surface area contributed by atoms with Crippen molar-refractivity contribution in [2.75, 3.05) is 31.2 Å². The third kappa shape index (κ3) is 3.45. The number of piperidine rings is 1. The molecule has 2 rings (SSSR count). The van der Waals surface area contributed by atoms with Gasteiger partial charge in [0, 0.05) is 19.3 Å². The lowest BCUT2D eigenvalue weighted by Gasteiger charge is -2.33.